The van der Waals surface area contributed by atoms with Crippen LogP contribution in [0.25, 0.3) is 32.9 Å². The molecule has 2 aromatic heterocycles. The lowest BCUT2D eigenvalue weighted by Crippen LogP contribution is -1.90. The zero-order valence-electron chi connectivity index (χ0n) is 14.4. The lowest BCUT2D eigenvalue weighted by molar-refractivity contribution is 1.29. The number of aromatic amines is 1. The van der Waals surface area contributed by atoms with Gasteiger partial charge in [-0.15, -0.1) is 12.4 Å². The average molecular weight is 337 g/mol. The van der Waals surface area contributed by atoms with Crippen molar-refractivity contribution in [3.63, 3.8) is 0 Å². The molecule has 0 fully saturated rings. The van der Waals surface area contributed by atoms with Crippen LogP contribution in [0.1, 0.15) is 22.4 Å². The van der Waals surface area contributed by atoms with Gasteiger partial charge in [-0.3, -0.25) is 4.98 Å². The summed E-state index contributed by atoms with van der Waals surface area (Å²) in [4.78, 5) is 8.14. The molecule has 0 amide bonds. The number of nitrogens with one attached hydrogen (secondary N) is 1. The van der Waals surface area contributed by atoms with E-state index in [1.54, 1.807) is 0 Å². The summed E-state index contributed by atoms with van der Waals surface area (Å²) in [6, 6.07) is 13.2. The molecular formula is C21H21ClN2. The number of aryl methyl sites for hydroxylation is 4. The van der Waals surface area contributed by atoms with Crippen molar-refractivity contribution in [3.8, 4) is 11.1 Å². The molecule has 2 heterocycles. The Morgan fingerprint density at radius 1 is 0.833 bits per heavy atom. The third kappa shape index (κ3) is 2.47. The molecule has 4 rings (SSSR count). The molecule has 3 heteroatoms. The molecule has 24 heavy (non-hydrogen) atoms. The van der Waals surface area contributed by atoms with E-state index in [1.807, 2.05) is 6.20 Å². The first kappa shape index (κ1) is 16.5. The van der Waals surface area contributed by atoms with Crippen LogP contribution in [-0.4, -0.2) is 9.97 Å². The number of H-pyrrole nitrogens is 1. The van der Waals surface area contributed by atoms with Gasteiger partial charge in [-0.2, -0.15) is 0 Å². The predicted octanol–water partition coefficient (Wildman–Crippen LogP) is 6.04. The quantitative estimate of drug-likeness (QED) is 0.451. The van der Waals surface area contributed by atoms with Crippen LogP contribution in [-0.2, 0) is 0 Å². The number of hydrogen-bond donors (Lipinski definition) is 1. The Morgan fingerprint density at radius 3 is 2.38 bits per heavy atom. The highest BCUT2D eigenvalue weighted by atomic mass is 35.5. The highest BCUT2D eigenvalue weighted by molar-refractivity contribution is 6.06. The standard InChI is InChI=1S/C21H20N2.ClH/c1-12-5-6-19-18(10-12)20(15(4)23-19)16-7-8-22-21-14(3)9-13(2)11-17(16)21;/h5-11,23H,1-4H3;1H. The zero-order valence-corrected chi connectivity index (χ0v) is 15.2. The Bertz CT molecular complexity index is 1060. The minimum absolute atomic E-state index is 0. The molecule has 0 saturated heterocycles. The minimum atomic E-state index is 0. The lowest BCUT2D eigenvalue weighted by Gasteiger charge is -2.10. The Kier molecular flexibility index (Phi) is 4.10. The van der Waals surface area contributed by atoms with Gasteiger partial charge in [0.05, 0.1) is 5.52 Å². The van der Waals surface area contributed by atoms with E-state index in [2.05, 4.69) is 74.1 Å². The van der Waals surface area contributed by atoms with Crippen molar-refractivity contribution in [2.24, 2.45) is 0 Å². The van der Waals surface area contributed by atoms with Crippen molar-refractivity contribution in [1.82, 2.24) is 9.97 Å². The molecule has 0 bridgehead atoms. The molecule has 0 aliphatic heterocycles. The molecule has 4 aromatic rings. The second kappa shape index (κ2) is 5.95. The van der Waals surface area contributed by atoms with Gasteiger partial charge in [0, 0.05) is 33.7 Å². The fraction of sp³-hybridized carbons (Fsp3) is 0.190. The van der Waals surface area contributed by atoms with E-state index in [0.29, 0.717) is 0 Å². The number of fused-ring (bicyclic) bond motifs is 2. The molecule has 0 radical (unpaired) electrons. The summed E-state index contributed by atoms with van der Waals surface area (Å²) in [5.74, 6) is 0. The summed E-state index contributed by atoms with van der Waals surface area (Å²) >= 11 is 0. The first-order valence-corrected chi connectivity index (χ1v) is 8.00. The van der Waals surface area contributed by atoms with E-state index in [0.717, 1.165) is 5.52 Å². The first-order chi connectivity index (χ1) is 11.0. The zero-order chi connectivity index (χ0) is 16.1. The van der Waals surface area contributed by atoms with Crippen molar-refractivity contribution in [1.29, 1.82) is 0 Å². The maximum Gasteiger partial charge on any atom is 0.0737 e. The summed E-state index contributed by atoms with van der Waals surface area (Å²) in [5.41, 5.74) is 9.83. The van der Waals surface area contributed by atoms with Gasteiger partial charge in [0.15, 0.2) is 0 Å². The number of pyridine rings is 1. The van der Waals surface area contributed by atoms with Crippen LogP contribution in [0.15, 0.2) is 42.6 Å². The Hall–Kier alpha value is -2.32. The van der Waals surface area contributed by atoms with Gasteiger partial charge in [0.1, 0.15) is 0 Å². The summed E-state index contributed by atoms with van der Waals surface area (Å²) in [5, 5.41) is 2.52. The monoisotopic (exact) mass is 336 g/mol. The molecule has 0 aliphatic rings. The fourth-order valence-corrected chi connectivity index (χ4v) is 3.62. The van der Waals surface area contributed by atoms with E-state index >= 15 is 0 Å². The van der Waals surface area contributed by atoms with Gasteiger partial charge in [0.2, 0.25) is 0 Å². The van der Waals surface area contributed by atoms with Gasteiger partial charge in [-0.05, 0) is 63.1 Å². The molecule has 0 unspecified atom stereocenters. The summed E-state index contributed by atoms with van der Waals surface area (Å²) in [6.45, 7) is 8.58. The number of halogens is 1. The summed E-state index contributed by atoms with van der Waals surface area (Å²) < 4.78 is 0. The molecule has 1 N–H and O–H groups in total. The topological polar surface area (TPSA) is 28.7 Å². The van der Waals surface area contributed by atoms with Crippen molar-refractivity contribution in [2.45, 2.75) is 27.7 Å². The summed E-state index contributed by atoms with van der Waals surface area (Å²) in [7, 11) is 0. The maximum absolute atomic E-state index is 4.61. The van der Waals surface area contributed by atoms with Crippen LogP contribution in [0.4, 0.5) is 0 Å². The van der Waals surface area contributed by atoms with Crippen molar-refractivity contribution < 1.29 is 0 Å². The molecule has 122 valence electrons. The Morgan fingerprint density at radius 2 is 1.58 bits per heavy atom. The number of nitrogens with zero attached hydrogens (tertiary/aromatic N) is 1. The third-order valence-corrected chi connectivity index (χ3v) is 4.59. The Balaban J connectivity index is 0.00000169. The normalized spacial score (nSPS) is 11.0. The van der Waals surface area contributed by atoms with Crippen LogP contribution in [0, 0.1) is 27.7 Å². The fourth-order valence-electron chi connectivity index (χ4n) is 3.62. The molecule has 2 nitrogen and oxygen atoms in total. The third-order valence-electron chi connectivity index (χ3n) is 4.59. The number of hydrogen-bond acceptors (Lipinski definition) is 1. The van der Waals surface area contributed by atoms with Crippen LogP contribution in [0.2, 0.25) is 0 Å². The molecule has 0 saturated carbocycles. The average Bonchev–Trinajstić information content (AvgIpc) is 2.82. The van der Waals surface area contributed by atoms with Crippen LogP contribution >= 0.6 is 12.4 Å². The second-order valence-corrected chi connectivity index (χ2v) is 6.51. The van der Waals surface area contributed by atoms with Crippen molar-refractivity contribution in [2.75, 3.05) is 0 Å². The van der Waals surface area contributed by atoms with Crippen LogP contribution < -0.4 is 0 Å². The van der Waals surface area contributed by atoms with E-state index in [9.17, 15) is 0 Å². The van der Waals surface area contributed by atoms with Crippen molar-refractivity contribution >= 4 is 34.2 Å². The van der Waals surface area contributed by atoms with E-state index < -0.39 is 0 Å². The Labute approximate surface area is 148 Å². The smallest absolute Gasteiger partial charge is 0.0737 e. The molecule has 2 aromatic carbocycles. The van der Waals surface area contributed by atoms with E-state index in [1.165, 1.54) is 49.8 Å². The van der Waals surface area contributed by atoms with E-state index in [4.69, 9.17) is 0 Å². The number of benzene rings is 2. The predicted molar refractivity (Wildman–Crippen MR) is 105 cm³/mol. The molecular weight excluding hydrogens is 316 g/mol. The van der Waals surface area contributed by atoms with Gasteiger partial charge in [-0.25, -0.2) is 0 Å². The SMILES string of the molecule is Cc1ccc2[nH]c(C)c(-c3ccnc4c(C)cc(C)cc34)c2c1.Cl. The largest absolute Gasteiger partial charge is 0.358 e. The van der Waals surface area contributed by atoms with Gasteiger partial charge in [-0.1, -0.05) is 23.3 Å². The highest BCUT2D eigenvalue weighted by Crippen LogP contribution is 2.37. The molecule has 0 aliphatic carbocycles. The van der Waals surface area contributed by atoms with Gasteiger partial charge in [0.25, 0.3) is 0 Å². The van der Waals surface area contributed by atoms with Crippen LogP contribution in [0.5, 0.6) is 0 Å². The van der Waals surface area contributed by atoms with Crippen molar-refractivity contribution in [3.05, 3.63) is 65.0 Å². The van der Waals surface area contributed by atoms with Gasteiger partial charge < -0.3 is 4.98 Å². The summed E-state index contributed by atoms with van der Waals surface area (Å²) in [6.07, 6.45) is 1.92. The lowest BCUT2D eigenvalue weighted by atomic mass is 9.95. The highest BCUT2D eigenvalue weighted by Gasteiger charge is 2.14. The number of rotatable bonds is 1. The first-order valence-electron chi connectivity index (χ1n) is 8.00. The number of aromatic nitrogens is 2. The molecule has 0 spiro atoms. The van der Waals surface area contributed by atoms with Gasteiger partial charge >= 0.3 is 0 Å². The second-order valence-electron chi connectivity index (χ2n) is 6.51. The van der Waals surface area contributed by atoms with Crippen LogP contribution in [0.3, 0.4) is 0 Å². The van der Waals surface area contributed by atoms with E-state index in [-0.39, 0.29) is 12.4 Å². The minimum Gasteiger partial charge on any atom is -0.358 e. The maximum atomic E-state index is 4.61. The molecule has 0 atom stereocenters.